The van der Waals surface area contributed by atoms with E-state index >= 15 is 0 Å². The van der Waals surface area contributed by atoms with Gasteiger partial charge in [-0.3, -0.25) is 9.59 Å². The number of ether oxygens (including phenoxy) is 1. The molecule has 2 aromatic rings. The Balaban J connectivity index is 2.14. The molecule has 0 radical (unpaired) electrons. The molecule has 0 saturated heterocycles. The molecule has 2 amide bonds. The smallest absolute Gasteiger partial charge is 0.261 e. The van der Waals surface area contributed by atoms with Gasteiger partial charge in [0, 0.05) is 13.1 Å². The van der Waals surface area contributed by atoms with Crippen molar-refractivity contribution in [2.75, 3.05) is 19.7 Å². The quantitative estimate of drug-likeness (QED) is 0.450. The summed E-state index contributed by atoms with van der Waals surface area (Å²) in [6.07, 6.45) is 3.18. The summed E-state index contributed by atoms with van der Waals surface area (Å²) in [5.74, 6) is 0.754. The molecule has 174 valence electrons. The van der Waals surface area contributed by atoms with Crippen LogP contribution in [0.25, 0.3) is 0 Å². The molecule has 0 aromatic heterocycles. The maximum absolute atomic E-state index is 13.3. The summed E-state index contributed by atoms with van der Waals surface area (Å²) in [5.41, 5.74) is 2.21. The number of nitrogens with one attached hydrogen (secondary N) is 1. The Morgan fingerprint density at radius 2 is 1.69 bits per heavy atom. The molecule has 0 spiro atoms. The summed E-state index contributed by atoms with van der Waals surface area (Å²) in [5, 5.41) is 2.99. The first kappa shape index (κ1) is 25.4. The van der Waals surface area contributed by atoms with Crippen molar-refractivity contribution in [3.63, 3.8) is 0 Å². The van der Waals surface area contributed by atoms with E-state index < -0.39 is 6.04 Å². The van der Waals surface area contributed by atoms with Gasteiger partial charge in [0.1, 0.15) is 11.8 Å². The minimum absolute atomic E-state index is 0.0860. The van der Waals surface area contributed by atoms with Crippen molar-refractivity contribution < 1.29 is 14.3 Å². The lowest BCUT2D eigenvalue weighted by atomic mass is 10.0. The van der Waals surface area contributed by atoms with Crippen molar-refractivity contribution in [2.45, 2.75) is 65.3 Å². The van der Waals surface area contributed by atoms with Crippen LogP contribution in [0.15, 0.2) is 54.6 Å². The van der Waals surface area contributed by atoms with Crippen LogP contribution in [-0.2, 0) is 16.0 Å². The molecular formula is C27H38N2O3. The monoisotopic (exact) mass is 438 g/mol. The predicted octanol–water partition coefficient (Wildman–Crippen LogP) is 4.96. The lowest BCUT2D eigenvalue weighted by molar-refractivity contribution is -0.142. The van der Waals surface area contributed by atoms with Gasteiger partial charge in [0.15, 0.2) is 6.61 Å². The molecule has 0 saturated carbocycles. The van der Waals surface area contributed by atoms with Crippen molar-refractivity contribution in [1.82, 2.24) is 10.2 Å². The number of amides is 2. The predicted molar refractivity (Wildman–Crippen MR) is 130 cm³/mol. The van der Waals surface area contributed by atoms with E-state index in [2.05, 4.69) is 26.1 Å². The zero-order valence-electron chi connectivity index (χ0n) is 20.0. The Kier molecular flexibility index (Phi) is 10.8. The normalized spacial score (nSPS) is 11.8. The molecule has 1 N–H and O–H groups in total. The Bertz CT molecular complexity index is 836. The average Bonchev–Trinajstić information content (AvgIpc) is 2.81. The number of unbranched alkanes of at least 4 members (excludes halogenated alkanes) is 1. The standard InChI is InChI=1S/C27H38N2O3/c1-5-7-18-28-27(31)24(6-2)29(19-17-22-13-9-8-10-14-22)26(30)20-32-25-16-12-11-15-23(25)21(3)4/h8-16,21,24H,5-7,17-20H2,1-4H3,(H,28,31). The summed E-state index contributed by atoms with van der Waals surface area (Å²) in [6, 6.07) is 17.3. The molecule has 2 aromatic carbocycles. The average molecular weight is 439 g/mol. The molecule has 0 heterocycles. The van der Waals surface area contributed by atoms with Crippen molar-refractivity contribution in [3.05, 3.63) is 65.7 Å². The third-order valence-corrected chi connectivity index (χ3v) is 5.59. The fourth-order valence-corrected chi connectivity index (χ4v) is 3.71. The fraction of sp³-hybridized carbons (Fsp3) is 0.481. The van der Waals surface area contributed by atoms with E-state index in [4.69, 9.17) is 4.74 Å². The largest absolute Gasteiger partial charge is 0.483 e. The molecule has 32 heavy (non-hydrogen) atoms. The van der Waals surface area contributed by atoms with Crippen molar-refractivity contribution >= 4 is 11.8 Å². The van der Waals surface area contributed by atoms with Crippen molar-refractivity contribution in [2.24, 2.45) is 0 Å². The number of hydrogen-bond donors (Lipinski definition) is 1. The van der Waals surface area contributed by atoms with Gasteiger partial charge in [0.05, 0.1) is 0 Å². The van der Waals surface area contributed by atoms with E-state index in [9.17, 15) is 9.59 Å². The minimum atomic E-state index is -0.507. The minimum Gasteiger partial charge on any atom is -0.483 e. The van der Waals surface area contributed by atoms with Crippen LogP contribution in [0.3, 0.4) is 0 Å². The second-order valence-corrected chi connectivity index (χ2v) is 8.37. The number of nitrogens with zero attached hydrogens (tertiary/aromatic N) is 1. The molecule has 5 heteroatoms. The van der Waals surface area contributed by atoms with Gasteiger partial charge in [-0.15, -0.1) is 0 Å². The summed E-state index contributed by atoms with van der Waals surface area (Å²) >= 11 is 0. The molecule has 0 aliphatic rings. The lowest BCUT2D eigenvalue weighted by Crippen LogP contribution is -2.51. The van der Waals surface area contributed by atoms with Crippen molar-refractivity contribution in [1.29, 1.82) is 0 Å². The molecule has 1 unspecified atom stereocenters. The fourth-order valence-electron chi connectivity index (χ4n) is 3.71. The van der Waals surface area contributed by atoms with Gasteiger partial charge in [-0.05, 0) is 42.4 Å². The highest BCUT2D eigenvalue weighted by Gasteiger charge is 2.28. The molecule has 2 rings (SSSR count). The van der Waals surface area contributed by atoms with Gasteiger partial charge in [0.2, 0.25) is 5.91 Å². The van der Waals surface area contributed by atoms with E-state index in [1.165, 1.54) is 0 Å². The summed E-state index contributed by atoms with van der Waals surface area (Å²) in [4.78, 5) is 27.8. The maximum Gasteiger partial charge on any atom is 0.261 e. The van der Waals surface area contributed by atoms with Gasteiger partial charge in [0.25, 0.3) is 5.91 Å². The van der Waals surface area contributed by atoms with E-state index in [0.717, 1.165) is 29.7 Å². The van der Waals surface area contributed by atoms with E-state index in [1.807, 2.05) is 61.5 Å². The zero-order valence-corrected chi connectivity index (χ0v) is 20.0. The number of carbonyl (C=O) groups is 2. The van der Waals surface area contributed by atoms with Crippen LogP contribution in [0.1, 0.15) is 64.0 Å². The van der Waals surface area contributed by atoms with E-state index in [-0.39, 0.29) is 18.4 Å². The SMILES string of the molecule is CCCCNC(=O)C(CC)N(CCc1ccccc1)C(=O)COc1ccccc1C(C)C. The summed E-state index contributed by atoms with van der Waals surface area (Å²) in [7, 11) is 0. The molecule has 0 fully saturated rings. The Hall–Kier alpha value is -2.82. The number of carbonyl (C=O) groups excluding carboxylic acids is 2. The first-order valence-corrected chi connectivity index (χ1v) is 11.8. The number of hydrogen-bond acceptors (Lipinski definition) is 3. The van der Waals surface area contributed by atoms with Gasteiger partial charge in [-0.1, -0.05) is 82.6 Å². The highest BCUT2D eigenvalue weighted by atomic mass is 16.5. The molecular weight excluding hydrogens is 400 g/mol. The van der Waals surface area contributed by atoms with Gasteiger partial charge >= 0.3 is 0 Å². The second kappa shape index (κ2) is 13.6. The number of para-hydroxylation sites is 1. The number of rotatable bonds is 13. The van der Waals surface area contributed by atoms with Crippen LogP contribution < -0.4 is 10.1 Å². The number of benzene rings is 2. The van der Waals surface area contributed by atoms with Crippen LogP contribution in [0.5, 0.6) is 5.75 Å². The highest BCUT2D eigenvalue weighted by molar-refractivity contribution is 5.88. The van der Waals surface area contributed by atoms with E-state index in [0.29, 0.717) is 31.8 Å². The molecule has 5 nitrogen and oxygen atoms in total. The Labute approximate surface area is 193 Å². The summed E-state index contributed by atoms with van der Waals surface area (Å²) in [6.45, 7) is 9.25. The first-order chi connectivity index (χ1) is 15.5. The second-order valence-electron chi connectivity index (χ2n) is 8.37. The third-order valence-electron chi connectivity index (χ3n) is 5.59. The summed E-state index contributed by atoms with van der Waals surface area (Å²) < 4.78 is 5.94. The molecule has 0 aliphatic carbocycles. The van der Waals surface area contributed by atoms with Gasteiger partial charge in [-0.25, -0.2) is 0 Å². The van der Waals surface area contributed by atoms with Gasteiger partial charge < -0.3 is 15.0 Å². The molecule has 0 bridgehead atoms. The first-order valence-electron chi connectivity index (χ1n) is 11.8. The van der Waals surface area contributed by atoms with Crippen LogP contribution >= 0.6 is 0 Å². The van der Waals surface area contributed by atoms with Crippen molar-refractivity contribution in [3.8, 4) is 5.75 Å². The maximum atomic E-state index is 13.3. The lowest BCUT2D eigenvalue weighted by Gasteiger charge is -2.30. The van der Waals surface area contributed by atoms with Crippen LogP contribution in [0.4, 0.5) is 0 Å². The van der Waals surface area contributed by atoms with E-state index in [1.54, 1.807) is 4.90 Å². The molecule has 1 atom stereocenters. The van der Waals surface area contributed by atoms with Crippen LogP contribution in [0.2, 0.25) is 0 Å². The zero-order chi connectivity index (χ0) is 23.3. The Morgan fingerprint density at radius 1 is 1.00 bits per heavy atom. The van der Waals surface area contributed by atoms with Crippen LogP contribution in [-0.4, -0.2) is 42.5 Å². The third kappa shape index (κ3) is 7.70. The Morgan fingerprint density at radius 3 is 2.34 bits per heavy atom. The topological polar surface area (TPSA) is 58.6 Å². The van der Waals surface area contributed by atoms with Crippen LogP contribution in [0, 0.1) is 0 Å². The highest BCUT2D eigenvalue weighted by Crippen LogP contribution is 2.26. The molecule has 0 aliphatic heterocycles. The van der Waals surface area contributed by atoms with Gasteiger partial charge in [-0.2, -0.15) is 0 Å².